The number of hydrogen-bond donors (Lipinski definition) is 0. The van der Waals surface area contributed by atoms with Crippen molar-refractivity contribution >= 4 is 17.7 Å². The average Bonchev–Trinajstić information content (AvgIpc) is 3.34. The van der Waals surface area contributed by atoms with E-state index < -0.39 is 0 Å². The molecule has 1 aromatic heterocycles. The predicted molar refractivity (Wildman–Crippen MR) is 105 cm³/mol. The van der Waals surface area contributed by atoms with Crippen LogP contribution in [0, 0.1) is 12.7 Å². The summed E-state index contributed by atoms with van der Waals surface area (Å²) in [6.07, 6.45) is 0. The normalized spacial score (nSPS) is 19.1. The summed E-state index contributed by atoms with van der Waals surface area (Å²) < 4.78 is 18.5. The first-order valence-electron chi connectivity index (χ1n) is 9.11. The molecule has 5 nitrogen and oxygen atoms in total. The Morgan fingerprint density at radius 2 is 1.86 bits per heavy atom. The van der Waals surface area contributed by atoms with Gasteiger partial charge in [-0.05, 0) is 36.8 Å². The molecule has 1 saturated heterocycles. The topological polar surface area (TPSA) is 59.2 Å². The van der Waals surface area contributed by atoms with Crippen LogP contribution in [-0.4, -0.2) is 39.8 Å². The van der Waals surface area contributed by atoms with Gasteiger partial charge in [-0.2, -0.15) is 4.98 Å². The summed E-state index contributed by atoms with van der Waals surface area (Å²) in [7, 11) is 0. The van der Waals surface area contributed by atoms with Crippen molar-refractivity contribution in [1.82, 2.24) is 15.0 Å². The number of likely N-dealkylation sites (tertiary alicyclic amines) is 1. The number of carbonyl (C=O) groups excluding carboxylic acids is 1. The molecule has 2 unspecified atom stereocenters. The summed E-state index contributed by atoms with van der Waals surface area (Å²) in [5, 5.41) is 3.92. The van der Waals surface area contributed by atoms with E-state index in [0.29, 0.717) is 30.6 Å². The van der Waals surface area contributed by atoms with Crippen LogP contribution in [0.5, 0.6) is 0 Å². The number of amides is 1. The SMILES string of the molecule is Cc1noc(C2CN(C(=O)CSc3ccc(F)cc3)CC2c2ccccc2)n1. The van der Waals surface area contributed by atoms with Crippen molar-refractivity contribution in [3.05, 3.63) is 77.7 Å². The van der Waals surface area contributed by atoms with Crippen molar-refractivity contribution < 1.29 is 13.7 Å². The van der Waals surface area contributed by atoms with Gasteiger partial charge in [0.15, 0.2) is 5.82 Å². The van der Waals surface area contributed by atoms with E-state index in [9.17, 15) is 9.18 Å². The van der Waals surface area contributed by atoms with Crippen LogP contribution in [-0.2, 0) is 4.79 Å². The van der Waals surface area contributed by atoms with Crippen molar-refractivity contribution in [2.45, 2.75) is 23.7 Å². The number of rotatable bonds is 5. The molecular weight excluding hydrogens is 377 g/mol. The maximum atomic E-state index is 13.0. The number of hydrogen-bond acceptors (Lipinski definition) is 5. The number of aromatic nitrogens is 2. The Morgan fingerprint density at radius 1 is 1.14 bits per heavy atom. The molecule has 2 heterocycles. The molecule has 0 spiro atoms. The fourth-order valence-electron chi connectivity index (χ4n) is 3.53. The third-order valence-electron chi connectivity index (χ3n) is 4.94. The summed E-state index contributed by atoms with van der Waals surface area (Å²) in [6.45, 7) is 2.95. The Kier molecular flexibility index (Phi) is 5.43. The molecule has 7 heteroatoms. The molecule has 28 heavy (non-hydrogen) atoms. The fraction of sp³-hybridized carbons (Fsp3) is 0.286. The highest BCUT2D eigenvalue weighted by Crippen LogP contribution is 2.39. The van der Waals surface area contributed by atoms with Crippen molar-refractivity contribution in [3.63, 3.8) is 0 Å². The zero-order valence-corrected chi connectivity index (χ0v) is 16.2. The first-order valence-corrected chi connectivity index (χ1v) is 10.1. The monoisotopic (exact) mass is 397 g/mol. The van der Waals surface area contributed by atoms with Gasteiger partial charge in [0.2, 0.25) is 11.8 Å². The highest BCUT2D eigenvalue weighted by molar-refractivity contribution is 8.00. The van der Waals surface area contributed by atoms with E-state index in [1.165, 1.54) is 23.9 Å². The second-order valence-corrected chi connectivity index (χ2v) is 7.89. The van der Waals surface area contributed by atoms with E-state index >= 15 is 0 Å². The Hall–Kier alpha value is -2.67. The number of thioether (sulfide) groups is 1. The van der Waals surface area contributed by atoms with Gasteiger partial charge in [0.25, 0.3) is 0 Å². The third kappa shape index (κ3) is 4.09. The van der Waals surface area contributed by atoms with Crippen molar-refractivity contribution in [1.29, 1.82) is 0 Å². The Morgan fingerprint density at radius 3 is 2.54 bits per heavy atom. The summed E-state index contributed by atoms with van der Waals surface area (Å²) in [5.41, 5.74) is 1.16. The van der Waals surface area contributed by atoms with Gasteiger partial charge in [0.1, 0.15) is 5.82 Å². The number of benzene rings is 2. The van der Waals surface area contributed by atoms with Gasteiger partial charge < -0.3 is 9.42 Å². The number of carbonyl (C=O) groups is 1. The first-order chi connectivity index (χ1) is 13.6. The fourth-order valence-corrected chi connectivity index (χ4v) is 4.33. The number of nitrogens with zero attached hydrogens (tertiary/aromatic N) is 3. The van der Waals surface area contributed by atoms with Crippen LogP contribution in [0.2, 0.25) is 0 Å². The zero-order valence-electron chi connectivity index (χ0n) is 15.4. The molecule has 2 atom stereocenters. The standard InChI is InChI=1S/C21H20FN3O2S/c1-14-23-21(27-24-14)19-12-25(11-18(19)15-5-3-2-4-6-15)20(26)13-28-17-9-7-16(22)8-10-17/h2-10,18-19H,11-13H2,1H3. The largest absolute Gasteiger partial charge is 0.341 e. The predicted octanol–water partition coefficient (Wildman–Crippen LogP) is 4.02. The lowest BCUT2D eigenvalue weighted by Gasteiger charge is -2.16. The van der Waals surface area contributed by atoms with E-state index in [4.69, 9.17) is 4.52 Å². The lowest BCUT2D eigenvalue weighted by atomic mass is 9.89. The molecule has 144 valence electrons. The Bertz CT molecular complexity index is 946. The molecule has 0 radical (unpaired) electrons. The van der Waals surface area contributed by atoms with Gasteiger partial charge >= 0.3 is 0 Å². The third-order valence-corrected chi connectivity index (χ3v) is 5.93. The summed E-state index contributed by atoms with van der Waals surface area (Å²) in [5.74, 6) is 1.34. The van der Waals surface area contributed by atoms with E-state index in [-0.39, 0.29) is 23.6 Å². The van der Waals surface area contributed by atoms with Crippen molar-refractivity contribution in [3.8, 4) is 0 Å². The van der Waals surface area contributed by atoms with Gasteiger partial charge in [-0.1, -0.05) is 35.5 Å². The molecule has 1 fully saturated rings. The van der Waals surface area contributed by atoms with Gasteiger partial charge in [0.05, 0.1) is 11.7 Å². The summed E-state index contributed by atoms with van der Waals surface area (Å²) in [4.78, 5) is 19.9. The van der Waals surface area contributed by atoms with Crippen molar-refractivity contribution in [2.24, 2.45) is 0 Å². The number of halogens is 1. The van der Waals surface area contributed by atoms with Crippen LogP contribution < -0.4 is 0 Å². The number of aryl methyl sites for hydroxylation is 1. The van der Waals surface area contributed by atoms with Gasteiger partial charge in [-0.15, -0.1) is 11.8 Å². The van der Waals surface area contributed by atoms with E-state index in [0.717, 1.165) is 10.5 Å². The molecule has 0 bridgehead atoms. The van der Waals surface area contributed by atoms with Crippen LogP contribution in [0.3, 0.4) is 0 Å². The first kappa shape index (κ1) is 18.7. The molecule has 3 aromatic rings. The minimum Gasteiger partial charge on any atom is -0.341 e. The average molecular weight is 397 g/mol. The molecule has 2 aromatic carbocycles. The molecule has 1 amide bonds. The van der Waals surface area contributed by atoms with Crippen LogP contribution in [0.25, 0.3) is 0 Å². The Labute approximate surface area is 166 Å². The highest BCUT2D eigenvalue weighted by atomic mass is 32.2. The smallest absolute Gasteiger partial charge is 0.232 e. The van der Waals surface area contributed by atoms with Crippen LogP contribution in [0.1, 0.15) is 29.1 Å². The lowest BCUT2D eigenvalue weighted by molar-refractivity contribution is -0.127. The van der Waals surface area contributed by atoms with Crippen molar-refractivity contribution in [2.75, 3.05) is 18.8 Å². The second kappa shape index (κ2) is 8.14. The highest BCUT2D eigenvalue weighted by Gasteiger charge is 2.40. The molecule has 0 aliphatic carbocycles. The Balaban J connectivity index is 1.49. The minimum absolute atomic E-state index is 0.0247. The van der Waals surface area contributed by atoms with Crippen LogP contribution in [0.4, 0.5) is 4.39 Å². The maximum absolute atomic E-state index is 13.0. The van der Waals surface area contributed by atoms with Gasteiger partial charge in [-0.25, -0.2) is 4.39 Å². The van der Waals surface area contributed by atoms with E-state index in [1.54, 1.807) is 19.1 Å². The van der Waals surface area contributed by atoms with E-state index in [1.807, 2.05) is 23.1 Å². The molecule has 0 N–H and O–H groups in total. The molecule has 4 rings (SSSR count). The van der Waals surface area contributed by atoms with E-state index in [2.05, 4.69) is 22.3 Å². The summed E-state index contributed by atoms with van der Waals surface area (Å²) >= 11 is 1.41. The molecule has 1 aliphatic heterocycles. The van der Waals surface area contributed by atoms with Gasteiger partial charge in [-0.3, -0.25) is 4.79 Å². The molecular formula is C21H20FN3O2S. The van der Waals surface area contributed by atoms with Gasteiger partial charge in [0, 0.05) is 23.9 Å². The second-order valence-electron chi connectivity index (χ2n) is 6.84. The maximum Gasteiger partial charge on any atom is 0.232 e. The lowest BCUT2D eigenvalue weighted by Crippen LogP contribution is -2.30. The molecule has 1 aliphatic rings. The minimum atomic E-state index is -0.279. The summed E-state index contributed by atoms with van der Waals surface area (Å²) in [6, 6.07) is 16.3. The van der Waals surface area contributed by atoms with Crippen LogP contribution >= 0.6 is 11.8 Å². The zero-order chi connectivity index (χ0) is 19.5. The van der Waals surface area contributed by atoms with Crippen LogP contribution in [0.15, 0.2) is 64.0 Å². The quantitative estimate of drug-likeness (QED) is 0.609. The molecule has 0 saturated carbocycles.